The van der Waals surface area contributed by atoms with Crippen LogP contribution in [0.15, 0.2) is 0 Å². The van der Waals surface area contributed by atoms with Crippen molar-refractivity contribution < 1.29 is 9.53 Å². The maximum atomic E-state index is 11.9. The molecule has 2 rings (SSSR count). The minimum atomic E-state index is -0.481. The van der Waals surface area contributed by atoms with Crippen molar-refractivity contribution in [3.8, 4) is 0 Å². The van der Waals surface area contributed by atoms with E-state index in [1.54, 1.807) is 0 Å². The second-order valence-corrected chi connectivity index (χ2v) is 4.29. The van der Waals surface area contributed by atoms with Crippen LogP contribution in [0.1, 0.15) is 32.1 Å². The lowest BCUT2D eigenvalue weighted by Gasteiger charge is -2.39. The van der Waals surface area contributed by atoms with Crippen LogP contribution in [0, 0.1) is 5.92 Å². The number of carbonyl (C=O) groups is 1. The molecule has 0 radical (unpaired) electrons. The summed E-state index contributed by atoms with van der Waals surface area (Å²) in [6.45, 7) is 1.40. The molecule has 1 unspecified atom stereocenters. The van der Waals surface area contributed by atoms with Gasteiger partial charge in [-0.25, -0.2) is 0 Å². The van der Waals surface area contributed by atoms with Crippen LogP contribution in [0.2, 0.25) is 0 Å². The summed E-state index contributed by atoms with van der Waals surface area (Å²) >= 11 is 0. The minimum absolute atomic E-state index is 0.0825. The fourth-order valence-electron chi connectivity index (χ4n) is 2.16. The Balaban J connectivity index is 1.95. The van der Waals surface area contributed by atoms with E-state index in [4.69, 9.17) is 10.5 Å². The molecule has 1 saturated heterocycles. The van der Waals surface area contributed by atoms with Crippen molar-refractivity contribution in [3.05, 3.63) is 0 Å². The van der Waals surface area contributed by atoms with Gasteiger partial charge >= 0.3 is 0 Å². The molecular formula is C10H17NO2. The molecule has 13 heavy (non-hydrogen) atoms. The molecule has 0 bridgehead atoms. The Morgan fingerprint density at radius 3 is 2.62 bits per heavy atom. The van der Waals surface area contributed by atoms with Crippen LogP contribution in [-0.2, 0) is 9.53 Å². The number of nitrogens with two attached hydrogens (primary N) is 1. The van der Waals surface area contributed by atoms with Gasteiger partial charge in [-0.1, -0.05) is 0 Å². The highest BCUT2D eigenvalue weighted by atomic mass is 16.5. The normalized spacial score (nSPS) is 32.2. The smallest absolute Gasteiger partial charge is 0.158 e. The summed E-state index contributed by atoms with van der Waals surface area (Å²) in [7, 11) is 0. The summed E-state index contributed by atoms with van der Waals surface area (Å²) in [5.74, 6) is 0.331. The van der Waals surface area contributed by atoms with Gasteiger partial charge in [0, 0.05) is 12.5 Å². The molecule has 3 heteroatoms. The Bertz CT molecular complexity index is 205. The number of hydrogen-bond acceptors (Lipinski definition) is 3. The van der Waals surface area contributed by atoms with Gasteiger partial charge in [-0.2, -0.15) is 0 Å². The average molecular weight is 183 g/mol. The predicted molar refractivity (Wildman–Crippen MR) is 49.3 cm³/mol. The third kappa shape index (κ3) is 1.63. The number of hydrogen-bond donors (Lipinski definition) is 1. The number of ether oxygens (including phenoxy) is 1. The molecule has 2 aliphatic rings. The molecular weight excluding hydrogens is 166 g/mol. The van der Waals surface area contributed by atoms with Crippen LogP contribution < -0.4 is 5.73 Å². The highest BCUT2D eigenvalue weighted by Crippen LogP contribution is 2.34. The molecule has 1 saturated carbocycles. The van der Waals surface area contributed by atoms with Crippen molar-refractivity contribution in [1.82, 2.24) is 0 Å². The van der Waals surface area contributed by atoms with E-state index in [1.807, 2.05) is 0 Å². The van der Waals surface area contributed by atoms with Gasteiger partial charge in [0.1, 0.15) is 0 Å². The van der Waals surface area contributed by atoms with Crippen LogP contribution in [0.5, 0.6) is 0 Å². The van der Waals surface area contributed by atoms with Gasteiger partial charge in [0.05, 0.1) is 12.1 Å². The van der Waals surface area contributed by atoms with E-state index in [0.29, 0.717) is 6.61 Å². The van der Waals surface area contributed by atoms with Gasteiger partial charge in [0.2, 0.25) is 0 Å². The summed E-state index contributed by atoms with van der Waals surface area (Å²) in [5, 5.41) is 0. The first-order valence-electron chi connectivity index (χ1n) is 5.13. The molecule has 1 atom stereocenters. The van der Waals surface area contributed by atoms with Crippen LogP contribution in [-0.4, -0.2) is 24.5 Å². The van der Waals surface area contributed by atoms with Gasteiger partial charge in [-0.3, -0.25) is 4.79 Å². The van der Waals surface area contributed by atoms with Gasteiger partial charge < -0.3 is 10.5 Å². The van der Waals surface area contributed by atoms with Crippen molar-refractivity contribution in [2.75, 3.05) is 13.2 Å². The van der Waals surface area contributed by atoms with Crippen molar-refractivity contribution in [2.24, 2.45) is 11.7 Å². The Hall–Kier alpha value is -0.410. The zero-order valence-corrected chi connectivity index (χ0v) is 7.92. The van der Waals surface area contributed by atoms with E-state index >= 15 is 0 Å². The quantitative estimate of drug-likeness (QED) is 0.691. The highest BCUT2D eigenvalue weighted by Gasteiger charge is 2.43. The van der Waals surface area contributed by atoms with Gasteiger partial charge in [0.15, 0.2) is 5.78 Å². The molecule has 2 fully saturated rings. The summed E-state index contributed by atoms with van der Waals surface area (Å²) < 4.78 is 5.29. The molecule has 1 heterocycles. The second-order valence-electron chi connectivity index (χ2n) is 4.29. The van der Waals surface area contributed by atoms with Crippen LogP contribution >= 0.6 is 0 Å². The molecule has 0 aromatic carbocycles. The van der Waals surface area contributed by atoms with E-state index in [9.17, 15) is 4.79 Å². The predicted octanol–water partition coefficient (Wildman–Crippen LogP) is 0.863. The SMILES string of the molecule is NC1(C(=O)C2CCCOC2)CCC1. The summed E-state index contributed by atoms with van der Waals surface area (Å²) in [6.07, 6.45) is 4.84. The molecule has 1 aliphatic heterocycles. The molecule has 0 aromatic heterocycles. The molecule has 0 spiro atoms. The third-order valence-corrected chi connectivity index (χ3v) is 3.27. The van der Waals surface area contributed by atoms with Crippen molar-refractivity contribution in [2.45, 2.75) is 37.6 Å². The monoisotopic (exact) mass is 183 g/mol. The van der Waals surface area contributed by atoms with Gasteiger partial charge in [-0.15, -0.1) is 0 Å². The third-order valence-electron chi connectivity index (χ3n) is 3.27. The van der Waals surface area contributed by atoms with Gasteiger partial charge in [-0.05, 0) is 32.1 Å². The summed E-state index contributed by atoms with van der Waals surface area (Å²) in [5.41, 5.74) is 5.49. The summed E-state index contributed by atoms with van der Waals surface area (Å²) in [6, 6.07) is 0. The van der Waals surface area contributed by atoms with Crippen LogP contribution in [0.25, 0.3) is 0 Å². The molecule has 3 nitrogen and oxygen atoms in total. The lowest BCUT2D eigenvalue weighted by molar-refractivity contribution is -0.135. The topological polar surface area (TPSA) is 52.3 Å². The zero-order valence-electron chi connectivity index (χ0n) is 7.92. The lowest BCUT2D eigenvalue weighted by atomic mass is 9.70. The van der Waals surface area contributed by atoms with E-state index < -0.39 is 5.54 Å². The van der Waals surface area contributed by atoms with E-state index in [2.05, 4.69) is 0 Å². The molecule has 1 aliphatic carbocycles. The fraction of sp³-hybridized carbons (Fsp3) is 0.900. The Morgan fingerprint density at radius 2 is 2.15 bits per heavy atom. The summed E-state index contributed by atoms with van der Waals surface area (Å²) in [4.78, 5) is 11.9. The maximum absolute atomic E-state index is 11.9. The molecule has 74 valence electrons. The molecule has 0 amide bonds. The Kier molecular flexibility index (Phi) is 2.39. The van der Waals surface area contributed by atoms with Crippen molar-refractivity contribution >= 4 is 5.78 Å². The number of Topliss-reactive ketones (excluding diaryl/α,β-unsaturated/α-hetero) is 1. The largest absolute Gasteiger partial charge is 0.381 e. The Labute approximate surface area is 78.6 Å². The molecule has 0 aromatic rings. The lowest BCUT2D eigenvalue weighted by Crippen LogP contribution is -2.56. The first-order chi connectivity index (χ1) is 6.22. The number of ketones is 1. The van der Waals surface area contributed by atoms with Gasteiger partial charge in [0.25, 0.3) is 0 Å². The van der Waals surface area contributed by atoms with E-state index in [0.717, 1.165) is 38.7 Å². The standard InChI is InChI=1S/C10H17NO2/c11-10(4-2-5-10)9(12)8-3-1-6-13-7-8/h8H,1-7,11H2. The fourth-order valence-corrected chi connectivity index (χ4v) is 2.16. The van der Waals surface area contributed by atoms with Crippen LogP contribution in [0.4, 0.5) is 0 Å². The van der Waals surface area contributed by atoms with E-state index in [1.165, 1.54) is 0 Å². The number of carbonyl (C=O) groups excluding carboxylic acids is 1. The molecule has 2 N–H and O–H groups in total. The Morgan fingerprint density at radius 1 is 1.38 bits per heavy atom. The van der Waals surface area contributed by atoms with Crippen molar-refractivity contribution in [1.29, 1.82) is 0 Å². The number of rotatable bonds is 2. The zero-order chi connectivity index (χ0) is 9.31. The first-order valence-corrected chi connectivity index (χ1v) is 5.13. The van der Waals surface area contributed by atoms with E-state index in [-0.39, 0.29) is 11.7 Å². The highest BCUT2D eigenvalue weighted by molar-refractivity contribution is 5.91. The van der Waals surface area contributed by atoms with Crippen molar-refractivity contribution in [3.63, 3.8) is 0 Å². The second kappa shape index (κ2) is 3.39. The maximum Gasteiger partial charge on any atom is 0.158 e. The average Bonchev–Trinajstić information content (AvgIpc) is 2.14. The van der Waals surface area contributed by atoms with Crippen LogP contribution in [0.3, 0.4) is 0 Å². The minimum Gasteiger partial charge on any atom is -0.381 e. The first kappa shape index (κ1) is 9.16.